The maximum Gasteiger partial charge on any atom is 0.0820 e. The van der Waals surface area contributed by atoms with Crippen molar-refractivity contribution in [3.05, 3.63) is 34.9 Å². The first kappa shape index (κ1) is 15.2. The zero-order valence-corrected chi connectivity index (χ0v) is 12.6. The van der Waals surface area contributed by atoms with E-state index in [0.29, 0.717) is 0 Å². The first-order chi connectivity index (χ1) is 8.42. The highest BCUT2D eigenvalue weighted by Crippen LogP contribution is 2.31. The van der Waals surface area contributed by atoms with Gasteiger partial charge in [0.25, 0.3) is 0 Å². The highest BCUT2D eigenvalue weighted by molar-refractivity contribution is 5.34. The fourth-order valence-electron chi connectivity index (χ4n) is 2.54. The van der Waals surface area contributed by atoms with Gasteiger partial charge in [-0.15, -0.1) is 0 Å². The van der Waals surface area contributed by atoms with E-state index >= 15 is 0 Å². The highest BCUT2D eigenvalue weighted by atomic mass is 16.5. The molecule has 0 radical (unpaired) electrons. The van der Waals surface area contributed by atoms with E-state index in [1.165, 1.54) is 16.7 Å². The third-order valence-electron chi connectivity index (χ3n) is 3.36. The molecule has 18 heavy (non-hydrogen) atoms. The highest BCUT2D eigenvalue weighted by Gasteiger charge is 2.31. The van der Waals surface area contributed by atoms with Gasteiger partial charge in [0.1, 0.15) is 0 Å². The maximum atomic E-state index is 5.92. The Morgan fingerprint density at radius 3 is 2.39 bits per heavy atom. The fourth-order valence-corrected chi connectivity index (χ4v) is 2.54. The third-order valence-corrected chi connectivity index (χ3v) is 3.36. The molecule has 102 valence electrons. The number of benzene rings is 1. The maximum absolute atomic E-state index is 5.92. The topological polar surface area (TPSA) is 21.3 Å². The second-order valence-corrected chi connectivity index (χ2v) is 5.39. The van der Waals surface area contributed by atoms with Crippen LogP contribution in [0.3, 0.4) is 0 Å². The van der Waals surface area contributed by atoms with E-state index in [4.69, 9.17) is 4.74 Å². The average Bonchev–Trinajstić information content (AvgIpc) is 2.26. The number of hydrogen-bond acceptors (Lipinski definition) is 2. The molecule has 0 aliphatic heterocycles. The van der Waals surface area contributed by atoms with Crippen molar-refractivity contribution in [1.29, 1.82) is 0 Å². The summed E-state index contributed by atoms with van der Waals surface area (Å²) in [5, 5.41) is 3.56. The Balaban J connectivity index is 3.11. The van der Waals surface area contributed by atoms with Gasteiger partial charge in [-0.05, 0) is 52.3 Å². The van der Waals surface area contributed by atoms with Crippen molar-refractivity contribution in [2.75, 3.05) is 13.2 Å². The van der Waals surface area contributed by atoms with Crippen LogP contribution in [0, 0.1) is 13.8 Å². The summed E-state index contributed by atoms with van der Waals surface area (Å²) in [5.41, 5.74) is 3.76. The Morgan fingerprint density at radius 2 is 1.89 bits per heavy atom. The lowest BCUT2D eigenvalue weighted by molar-refractivity contribution is -0.0390. The van der Waals surface area contributed by atoms with Crippen LogP contribution in [0.15, 0.2) is 18.2 Å². The van der Waals surface area contributed by atoms with Crippen molar-refractivity contribution in [3.63, 3.8) is 0 Å². The van der Waals surface area contributed by atoms with E-state index in [0.717, 1.165) is 13.2 Å². The minimum Gasteiger partial charge on any atom is -0.374 e. The summed E-state index contributed by atoms with van der Waals surface area (Å²) >= 11 is 0. The van der Waals surface area contributed by atoms with E-state index < -0.39 is 0 Å². The van der Waals surface area contributed by atoms with Crippen LogP contribution in [0.5, 0.6) is 0 Å². The summed E-state index contributed by atoms with van der Waals surface area (Å²) in [4.78, 5) is 0. The SMILES string of the molecule is CCNC(c1ccc(C)cc1C)C(C)(C)OCC. The molecule has 0 aromatic heterocycles. The Labute approximate surface area is 112 Å². The van der Waals surface area contributed by atoms with Crippen molar-refractivity contribution in [1.82, 2.24) is 5.32 Å². The standard InChI is InChI=1S/C16H27NO/c1-7-17-15(16(5,6)18-8-2)14-10-9-12(3)11-13(14)4/h9-11,15,17H,7-8H2,1-6H3. The van der Waals surface area contributed by atoms with Crippen LogP contribution in [0.25, 0.3) is 0 Å². The molecule has 0 saturated heterocycles. The Hall–Kier alpha value is -0.860. The predicted octanol–water partition coefficient (Wildman–Crippen LogP) is 3.77. The molecule has 1 aromatic rings. The molecular weight excluding hydrogens is 222 g/mol. The van der Waals surface area contributed by atoms with Crippen LogP contribution in [0.1, 0.15) is 50.4 Å². The molecule has 0 aliphatic rings. The van der Waals surface area contributed by atoms with Crippen molar-refractivity contribution in [2.24, 2.45) is 0 Å². The summed E-state index contributed by atoms with van der Waals surface area (Å²) in [6.45, 7) is 14.5. The summed E-state index contributed by atoms with van der Waals surface area (Å²) < 4.78 is 5.92. The summed E-state index contributed by atoms with van der Waals surface area (Å²) in [6, 6.07) is 6.86. The van der Waals surface area contributed by atoms with Gasteiger partial charge in [0.2, 0.25) is 0 Å². The van der Waals surface area contributed by atoms with Crippen LogP contribution < -0.4 is 5.32 Å². The minimum atomic E-state index is -0.204. The molecule has 1 rings (SSSR count). The van der Waals surface area contributed by atoms with Gasteiger partial charge < -0.3 is 10.1 Å². The van der Waals surface area contributed by atoms with E-state index in [9.17, 15) is 0 Å². The van der Waals surface area contributed by atoms with Crippen molar-refractivity contribution >= 4 is 0 Å². The summed E-state index contributed by atoms with van der Waals surface area (Å²) in [7, 11) is 0. The van der Waals surface area contributed by atoms with Crippen molar-refractivity contribution in [3.8, 4) is 0 Å². The van der Waals surface area contributed by atoms with Gasteiger partial charge in [-0.25, -0.2) is 0 Å². The fraction of sp³-hybridized carbons (Fsp3) is 0.625. The van der Waals surface area contributed by atoms with Gasteiger partial charge in [0, 0.05) is 6.61 Å². The molecule has 0 saturated carbocycles. The average molecular weight is 249 g/mol. The van der Waals surface area contributed by atoms with Crippen LogP contribution in [0.2, 0.25) is 0 Å². The molecule has 0 spiro atoms. The minimum absolute atomic E-state index is 0.204. The Bertz CT molecular complexity index is 385. The number of likely N-dealkylation sites (N-methyl/N-ethyl adjacent to an activating group) is 1. The second-order valence-electron chi connectivity index (χ2n) is 5.39. The largest absolute Gasteiger partial charge is 0.374 e. The molecule has 1 unspecified atom stereocenters. The van der Waals surface area contributed by atoms with Crippen LogP contribution >= 0.6 is 0 Å². The normalized spacial score (nSPS) is 13.7. The number of nitrogens with one attached hydrogen (secondary N) is 1. The second kappa shape index (κ2) is 6.35. The molecule has 0 aliphatic carbocycles. The molecule has 0 heterocycles. The molecule has 1 aromatic carbocycles. The zero-order valence-electron chi connectivity index (χ0n) is 12.6. The first-order valence-corrected chi connectivity index (χ1v) is 6.86. The van der Waals surface area contributed by atoms with E-state index in [2.05, 4.69) is 58.1 Å². The molecule has 0 amide bonds. The van der Waals surface area contributed by atoms with Gasteiger partial charge in [-0.1, -0.05) is 30.7 Å². The Kier molecular flexibility index (Phi) is 5.36. The van der Waals surface area contributed by atoms with E-state index in [1.54, 1.807) is 0 Å². The van der Waals surface area contributed by atoms with Crippen LogP contribution in [0.4, 0.5) is 0 Å². The number of hydrogen-bond donors (Lipinski definition) is 1. The molecule has 2 heteroatoms. The van der Waals surface area contributed by atoms with Gasteiger partial charge in [0.15, 0.2) is 0 Å². The van der Waals surface area contributed by atoms with Gasteiger partial charge >= 0.3 is 0 Å². The van der Waals surface area contributed by atoms with Crippen molar-refractivity contribution < 1.29 is 4.74 Å². The van der Waals surface area contributed by atoms with Crippen LogP contribution in [-0.2, 0) is 4.74 Å². The number of aryl methyl sites for hydroxylation is 2. The van der Waals surface area contributed by atoms with Gasteiger partial charge in [0.05, 0.1) is 11.6 Å². The van der Waals surface area contributed by atoms with E-state index in [-0.39, 0.29) is 11.6 Å². The lowest BCUT2D eigenvalue weighted by Crippen LogP contribution is -2.42. The molecule has 1 atom stereocenters. The summed E-state index contributed by atoms with van der Waals surface area (Å²) in [5.74, 6) is 0. The molecular formula is C16H27NO. The first-order valence-electron chi connectivity index (χ1n) is 6.86. The summed E-state index contributed by atoms with van der Waals surface area (Å²) in [6.07, 6.45) is 0. The predicted molar refractivity (Wildman–Crippen MR) is 78.0 cm³/mol. The molecule has 1 N–H and O–H groups in total. The van der Waals surface area contributed by atoms with E-state index in [1.807, 2.05) is 6.92 Å². The quantitative estimate of drug-likeness (QED) is 0.828. The van der Waals surface area contributed by atoms with Crippen molar-refractivity contribution in [2.45, 2.75) is 53.2 Å². The molecule has 0 fully saturated rings. The van der Waals surface area contributed by atoms with Gasteiger partial charge in [-0.2, -0.15) is 0 Å². The lowest BCUT2D eigenvalue weighted by Gasteiger charge is -2.36. The number of ether oxygens (including phenoxy) is 1. The Morgan fingerprint density at radius 1 is 1.22 bits per heavy atom. The lowest BCUT2D eigenvalue weighted by atomic mass is 9.88. The molecule has 0 bridgehead atoms. The molecule has 2 nitrogen and oxygen atoms in total. The number of rotatable bonds is 6. The van der Waals surface area contributed by atoms with Gasteiger partial charge in [-0.3, -0.25) is 0 Å². The monoisotopic (exact) mass is 249 g/mol. The third kappa shape index (κ3) is 3.56. The smallest absolute Gasteiger partial charge is 0.0820 e. The van der Waals surface area contributed by atoms with Crippen LogP contribution in [-0.4, -0.2) is 18.8 Å². The zero-order chi connectivity index (χ0) is 13.8.